The summed E-state index contributed by atoms with van der Waals surface area (Å²) in [4.78, 5) is 0. The molecule has 0 aliphatic heterocycles. The number of hydrogen-bond acceptors (Lipinski definition) is 2. The first kappa shape index (κ1) is 13.3. The number of nitrogens with one attached hydrogen (secondary N) is 1. The van der Waals surface area contributed by atoms with Crippen LogP contribution in [-0.2, 0) is 6.42 Å². The number of benzene rings is 2. The zero-order chi connectivity index (χ0) is 13.8. The van der Waals surface area contributed by atoms with E-state index in [-0.39, 0.29) is 11.6 Å². The lowest BCUT2D eigenvalue weighted by molar-refractivity contribution is 0.625. The van der Waals surface area contributed by atoms with Crippen molar-refractivity contribution in [3.05, 3.63) is 59.2 Å². The fourth-order valence-corrected chi connectivity index (χ4v) is 1.97. The quantitative estimate of drug-likeness (QED) is 0.827. The molecule has 0 spiro atoms. The largest absolute Gasteiger partial charge is 0.397 e. The van der Waals surface area contributed by atoms with Crippen molar-refractivity contribution >= 4 is 11.4 Å². The van der Waals surface area contributed by atoms with Gasteiger partial charge in [-0.3, -0.25) is 0 Å². The summed E-state index contributed by atoms with van der Waals surface area (Å²) in [5, 5.41) is 3.15. The lowest BCUT2D eigenvalue weighted by Crippen LogP contribution is -2.08. The molecule has 19 heavy (non-hydrogen) atoms. The smallest absolute Gasteiger partial charge is 0.125 e. The van der Waals surface area contributed by atoms with Gasteiger partial charge in [0.25, 0.3) is 0 Å². The minimum Gasteiger partial charge on any atom is -0.397 e. The third-order valence-electron chi connectivity index (χ3n) is 3.03. The third kappa shape index (κ3) is 3.44. The number of nitrogen functional groups attached to an aromatic ring is 1. The van der Waals surface area contributed by atoms with Crippen molar-refractivity contribution in [2.45, 2.75) is 13.3 Å². The van der Waals surface area contributed by atoms with E-state index in [1.54, 1.807) is 12.1 Å². The van der Waals surface area contributed by atoms with Crippen molar-refractivity contribution in [1.29, 1.82) is 0 Å². The van der Waals surface area contributed by atoms with Crippen molar-refractivity contribution < 1.29 is 8.78 Å². The van der Waals surface area contributed by atoms with E-state index in [0.29, 0.717) is 17.9 Å². The first-order chi connectivity index (χ1) is 9.06. The number of aryl methyl sites for hydroxylation is 1. The van der Waals surface area contributed by atoms with Crippen LogP contribution in [0.1, 0.15) is 11.1 Å². The molecule has 2 nitrogen and oxygen atoms in total. The van der Waals surface area contributed by atoms with Crippen molar-refractivity contribution in [3.63, 3.8) is 0 Å². The van der Waals surface area contributed by atoms with E-state index < -0.39 is 0 Å². The number of hydrogen-bond donors (Lipinski definition) is 2. The van der Waals surface area contributed by atoms with E-state index in [0.717, 1.165) is 17.5 Å². The van der Waals surface area contributed by atoms with Crippen LogP contribution in [0.25, 0.3) is 0 Å². The highest BCUT2D eigenvalue weighted by molar-refractivity contribution is 5.65. The Balaban J connectivity index is 1.96. The van der Waals surface area contributed by atoms with E-state index in [9.17, 15) is 8.78 Å². The van der Waals surface area contributed by atoms with E-state index in [4.69, 9.17) is 5.73 Å². The summed E-state index contributed by atoms with van der Waals surface area (Å²) in [7, 11) is 0. The molecule has 3 N–H and O–H groups in total. The predicted octanol–water partition coefficient (Wildman–Crippen LogP) is 3.51. The van der Waals surface area contributed by atoms with Crippen molar-refractivity contribution in [2.24, 2.45) is 0 Å². The van der Waals surface area contributed by atoms with E-state index in [2.05, 4.69) is 5.32 Å². The van der Waals surface area contributed by atoms with Crippen LogP contribution in [0, 0.1) is 18.6 Å². The molecule has 0 bridgehead atoms. The van der Waals surface area contributed by atoms with Gasteiger partial charge >= 0.3 is 0 Å². The van der Waals surface area contributed by atoms with Crippen LogP contribution in [0.5, 0.6) is 0 Å². The number of halogens is 2. The molecule has 0 amide bonds. The summed E-state index contributed by atoms with van der Waals surface area (Å²) >= 11 is 0. The Morgan fingerprint density at radius 1 is 1.05 bits per heavy atom. The highest BCUT2D eigenvalue weighted by Gasteiger charge is 2.02. The molecular formula is C15H16F2N2. The fourth-order valence-electron chi connectivity index (χ4n) is 1.97. The lowest BCUT2D eigenvalue weighted by Gasteiger charge is -2.10. The molecule has 4 heteroatoms. The lowest BCUT2D eigenvalue weighted by atomic mass is 10.1. The summed E-state index contributed by atoms with van der Waals surface area (Å²) < 4.78 is 25.8. The molecule has 0 aliphatic rings. The second-order valence-corrected chi connectivity index (χ2v) is 4.48. The SMILES string of the molecule is Cc1cc(F)ccc1CCNc1ccc(F)cc1N. The first-order valence-electron chi connectivity index (χ1n) is 6.10. The minimum absolute atomic E-state index is 0.225. The maximum absolute atomic E-state index is 13.0. The Hall–Kier alpha value is -2.10. The molecule has 0 radical (unpaired) electrons. The van der Waals surface area contributed by atoms with Crippen molar-refractivity contribution in [1.82, 2.24) is 0 Å². The summed E-state index contributed by atoms with van der Waals surface area (Å²) in [6.07, 6.45) is 0.753. The average Bonchev–Trinajstić information content (AvgIpc) is 2.34. The van der Waals surface area contributed by atoms with Gasteiger partial charge in [-0.05, 0) is 54.8 Å². The molecule has 0 aliphatic carbocycles. The maximum Gasteiger partial charge on any atom is 0.125 e. The molecule has 0 heterocycles. The van der Waals surface area contributed by atoms with Crippen molar-refractivity contribution in [3.8, 4) is 0 Å². The standard InChI is InChI=1S/C15H16F2N2/c1-10-8-12(16)3-2-11(10)6-7-19-15-5-4-13(17)9-14(15)18/h2-5,8-9,19H,6-7,18H2,1H3. The molecule has 0 unspecified atom stereocenters. The minimum atomic E-state index is -0.350. The van der Waals surface area contributed by atoms with E-state index >= 15 is 0 Å². The van der Waals surface area contributed by atoms with Crippen molar-refractivity contribution in [2.75, 3.05) is 17.6 Å². The van der Waals surface area contributed by atoms with Gasteiger partial charge in [0.15, 0.2) is 0 Å². The summed E-state index contributed by atoms with van der Waals surface area (Å²) in [5.41, 5.74) is 8.80. The van der Waals surface area contributed by atoms with Gasteiger partial charge in [-0.1, -0.05) is 6.07 Å². The summed E-state index contributed by atoms with van der Waals surface area (Å²) in [5.74, 6) is -0.575. The van der Waals surface area contributed by atoms with Crippen LogP contribution in [0.3, 0.4) is 0 Å². The predicted molar refractivity (Wildman–Crippen MR) is 74.1 cm³/mol. The van der Waals surface area contributed by atoms with E-state index in [1.165, 1.54) is 24.3 Å². The van der Waals surface area contributed by atoms with Gasteiger partial charge in [-0.15, -0.1) is 0 Å². The molecule has 100 valence electrons. The van der Waals surface area contributed by atoms with Gasteiger partial charge in [0, 0.05) is 6.54 Å². The number of anilines is 2. The molecule has 2 aromatic rings. The Bertz CT molecular complexity index is 531. The van der Waals surface area contributed by atoms with Crippen LogP contribution in [-0.4, -0.2) is 6.54 Å². The van der Waals surface area contributed by atoms with Gasteiger partial charge in [0.2, 0.25) is 0 Å². The Morgan fingerprint density at radius 2 is 1.74 bits per heavy atom. The normalized spacial score (nSPS) is 10.5. The second kappa shape index (κ2) is 5.69. The van der Waals surface area contributed by atoms with Gasteiger partial charge in [-0.25, -0.2) is 8.78 Å². The zero-order valence-electron chi connectivity index (χ0n) is 10.7. The average molecular weight is 262 g/mol. The topological polar surface area (TPSA) is 38.0 Å². The van der Waals surface area contributed by atoms with Crippen LogP contribution in [0.15, 0.2) is 36.4 Å². The molecular weight excluding hydrogens is 246 g/mol. The van der Waals surface area contributed by atoms with Gasteiger partial charge < -0.3 is 11.1 Å². The molecule has 0 aromatic heterocycles. The van der Waals surface area contributed by atoms with Crippen LogP contribution in [0.2, 0.25) is 0 Å². The Morgan fingerprint density at radius 3 is 2.42 bits per heavy atom. The highest BCUT2D eigenvalue weighted by Crippen LogP contribution is 2.19. The molecule has 0 saturated carbocycles. The van der Waals surface area contributed by atoms with Gasteiger partial charge in [0.05, 0.1) is 11.4 Å². The first-order valence-corrected chi connectivity index (χ1v) is 6.10. The number of rotatable bonds is 4. The maximum atomic E-state index is 13.0. The third-order valence-corrected chi connectivity index (χ3v) is 3.03. The molecule has 0 fully saturated rings. The summed E-state index contributed by atoms with van der Waals surface area (Å²) in [6.45, 7) is 2.53. The van der Waals surface area contributed by atoms with Gasteiger partial charge in [0.1, 0.15) is 11.6 Å². The Kier molecular flexibility index (Phi) is 4.00. The van der Waals surface area contributed by atoms with Crippen LogP contribution < -0.4 is 11.1 Å². The highest BCUT2D eigenvalue weighted by atomic mass is 19.1. The Labute approximate surface area is 111 Å². The summed E-state index contributed by atoms with van der Waals surface area (Å²) in [6, 6.07) is 9.01. The molecule has 2 aromatic carbocycles. The molecule has 0 saturated heterocycles. The molecule has 2 rings (SSSR count). The monoisotopic (exact) mass is 262 g/mol. The van der Waals surface area contributed by atoms with E-state index in [1.807, 2.05) is 6.92 Å². The fraction of sp³-hybridized carbons (Fsp3) is 0.200. The molecule has 0 atom stereocenters. The zero-order valence-corrected chi connectivity index (χ0v) is 10.7. The van der Waals surface area contributed by atoms with Crippen LogP contribution >= 0.6 is 0 Å². The van der Waals surface area contributed by atoms with Crippen LogP contribution in [0.4, 0.5) is 20.2 Å². The second-order valence-electron chi connectivity index (χ2n) is 4.48. The van der Waals surface area contributed by atoms with Gasteiger partial charge in [-0.2, -0.15) is 0 Å². The number of nitrogens with two attached hydrogens (primary N) is 1.